The van der Waals surface area contributed by atoms with Gasteiger partial charge in [0.15, 0.2) is 0 Å². The number of likely N-dealkylation sites (tertiary alicyclic amines) is 1. The van der Waals surface area contributed by atoms with Gasteiger partial charge in [-0.05, 0) is 91.2 Å². The molecule has 5 heteroatoms. The molecule has 0 amide bonds. The summed E-state index contributed by atoms with van der Waals surface area (Å²) in [5.41, 5.74) is 4.00. The molecule has 2 unspecified atom stereocenters. The van der Waals surface area contributed by atoms with Crippen LogP contribution >= 0.6 is 10.7 Å². The third kappa shape index (κ3) is 5.22. The zero-order valence-electron chi connectivity index (χ0n) is 18.9. The average molecular weight is 439 g/mol. The molecule has 3 aliphatic heterocycles. The lowest BCUT2D eigenvalue weighted by molar-refractivity contribution is 0.236. The van der Waals surface area contributed by atoms with Crippen molar-refractivity contribution >= 4 is 15.7 Å². The maximum absolute atomic E-state index is 6.18. The third-order valence-corrected chi connectivity index (χ3v) is 8.08. The van der Waals surface area contributed by atoms with Crippen molar-refractivity contribution in [2.45, 2.75) is 39.2 Å². The first-order valence-electron chi connectivity index (χ1n) is 11.2. The number of nitrogens with zero attached hydrogens (tertiary/aromatic N) is 2. The van der Waals surface area contributed by atoms with Gasteiger partial charge in [-0.25, -0.2) is 0 Å². The van der Waals surface area contributed by atoms with Crippen molar-refractivity contribution in [3.05, 3.63) is 76.9 Å². The van der Waals surface area contributed by atoms with Gasteiger partial charge in [-0.3, -0.25) is 4.90 Å². The molecule has 0 spiro atoms. The molecule has 1 saturated heterocycles. The first-order chi connectivity index (χ1) is 15.2. The van der Waals surface area contributed by atoms with E-state index in [2.05, 4.69) is 83.1 Å². The predicted molar refractivity (Wildman–Crippen MR) is 132 cm³/mol. The summed E-state index contributed by atoms with van der Waals surface area (Å²) in [5.74, 6) is 0.924. The van der Waals surface area contributed by atoms with Crippen molar-refractivity contribution in [2.75, 3.05) is 33.4 Å². The van der Waals surface area contributed by atoms with Crippen LogP contribution in [-0.2, 0) is 11.2 Å². The van der Waals surface area contributed by atoms with E-state index in [1.54, 1.807) is 7.11 Å². The summed E-state index contributed by atoms with van der Waals surface area (Å²) in [6, 6.07) is 9.07. The first-order valence-corrected chi connectivity index (χ1v) is 12.5. The minimum Gasteiger partial charge on any atom is -0.497 e. The summed E-state index contributed by atoms with van der Waals surface area (Å²) >= 11 is 0. The molecule has 1 aromatic rings. The second kappa shape index (κ2) is 10.5. The Morgan fingerprint density at radius 3 is 2.84 bits per heavy atom. The summed E-state index contributed by atoms with van der Waals surface area (Å²) in [5, 5.41) is 3.39. The van der Waals surface area contributed by atoms with Crippen molar-refractivity contribution in [3.8, 4) is 5.75 Å². The molecule has 2 atom stereocenters. The fraction of sp³-hybridized carbons (Fsp3) is 0.423. The molecule has 3 heterocycles. The van der Waals surface area contributed by atoms with Gasteiger partial charge in [0.05, 0.1) is 13.7 Å². The maximum Gasteiger partial charge on any atom is 0.122 e. The molecule has 1 aromatic carbocycles. The minimum absolute atomic E-state index is 0.154. The van der Waals surface area contributed by atoms with Crippen molar-refractivity contribution in [1.82, 2.24) is 9.21 Å². The molecule has 0 bridgehead atoms. The largest absolute Gasteiger partial charge is 0.497 e. The van der Waals surface area contributed by atoms with Gasteiger partial charge in [0.25, 0.3) is 0 Å². The highest BCUT2D eigenvalue weighted by atomic mass is 32.2. The van der Waals surface area contributed by atoms with E-state index in [-0.39, 0.29) is 10.7 Å². The molecule has 0 aromatic heterocycles. The van der Waals surface area contributed by atoms with Gasteiger partial charge in [-0.15, -0.1) is 0 Å². The zero-order chi connectivity index (χ0) is 21.6. The standard InChI is InChI=1S/C26H34N2O2S/c1-4-8-25-21(2)20-30-26-10-5-6-18-31(26)28(25)19-23-9-7-16-27(23)17-15-22-11-13-24(29-3)14-12-22/h4-6,8,10-14,18,23H,7,9,15-17,19-20H2,1-3H3/b8-4-. The molecule has 31 heavy (non-hydrogen) atoms. The molecule has 0 saturated carbocycles. The number of benzene rings is 1. The quantitative estimate of drug-likeness (QED) is 0.541. The van der Waals surface area contributed by atoms with Gasteiger partial charge in [0.2, 0.25) is 0 Å². The number of allylic oxidation sites excluding steroid dienone is 4. The third-order valence-electron chi connectivity index (χ3n) is 6.18. The van der Waals surface area contributed by atoms with Gasteiger partial charge in [0.1, 0.15) is 10.8 Å². The molecule has 0 N–H and O–H groups in total. The van der Waals surface area contributed by atoms with Crippen LogP contribution in [0.3, 0.4) is 0 Å². The van der Waals surface area contributed by atoms with Crippen LogP contribution in [0.25, 0.3) is 0 Å². The predicted octanol–water partition coefficient (Wildman–Crippen LogP) is 5.28. The molecule has 166 valence electrons. The first kappa shape index (κ1) is 22.1. The van der Waals surface area contributed by atoms with E-state index in [0.29, 0.717) is 12.6 Å². The molecule has 4 rings (SSSR count). The highest BCUT2D eigenvalue weighted by Gasteiger charge is 2.29. The van der Waals surface area contributed by atoms with Crippen LogP contribution in [0.5, 0.6) is 5.75 Å². The lowest BCUT2D eigenvalue weighted by atomic mass is 10.1. The van der Waals surface area contributed by atoms with E-state index in [1.807, 2.05) is 0 Å². The molecule has 0 aliphatic carbocycles. The Labute approximate surface area is 189 Å². The van der Waals surface area contributed by atoms with E-state index in [0.717, 1.165) is 30.3 Å². The fourth-order valence-corrected chi connectivity index (χ4v) is 6.36. The molecule has 1 fully saturated rings. The van der Waals surface area contributed by atoms with Crippen LogP contribution in [-0.4, -0.2) is 53.6 Å². The summed E-state index contributed by atoms with van der Waals surface area (Å²) in [7, 11) is 1.56. The number of methoxy groups -OCH3 is 1. The topological polar surface area (TPSA) is 24.9 Å². The Hall–Kier alpha value is -2.08. The normalized spacial score (nSPS) is 24.2. The summed E-state index contributed by atoms with van der Waals surface area (Å²) in [6.07, 6.45) is 14.4. The number of ether oxygens (including phenoxy) is 2. The SMILES string of the molecule is C/C=C\C1=C(C)COC2=S(C=CC=C2)N1CC1CCCN1CCc1ccc(OC)cc1. The number of rotatable bonds is 7. The summed E-state index contributed by atoms with van der Waals surface area (Å²) < 4.78 is 14.1. The van der Waals surface area contributed by atoms with Gasteiger partial charge in [-0.1, -0.05) is 30.4 Å². The lowest BCUT2D eigenvalue weighted by Crippen LogP contribution is -2.39. The Balaban J connectivity index is 1.50. The van der Waals surface area contributed by atoms with Gasteiger partial charge >= 0.3 is 0 Å². The van der Waals surface area contributed by atoms with E-state index in [9.17, 15) is 0 Å². The summed E-state index contributed by atoms with van der Waals surface area (Å²) in [4.78, 5) is 2.69. The molecule has 3 aliphatic rings. The molecule has 4 nitrogen and oxygen atoms in total. The van der Waals surface area contributed by atoms with Crippen LogP contribution in [0.15, 0.2) is 71.3 Å². The van der Waals surface area contributed by atoms with Crippen LogP contribution in [0.1, 0.15) is 32.3 Å². The highest BCUT2D eigenvalue weighted by Crippen LogP contribution is 2.37. The minimum atomic E-state index is -0.154. The monoisotopic (exact) mass is 438 g/mol. The Morgan fingerprint density at radius 1 is 1.23 bits per heavy atom. The van der Waals surface area contributed by atoms with Gasteiger partial charge in [0, 0.05) is 24.8 Å². The van der Waals surface area contributed by atoms with Crippen molar-refractivity contribution in [2.24, 2.45) is 0 Å². The van der Waals surface area contributed by atoms with Gasteiger partial charge in [-0.2, -0.15) is 0 Å². The fourth-order valence-electron chi connectivity index (χ4n) is 4.47. The second-order valence-corrected chi connectivity index (χ2v) is 10.0. The molecular formula is C26H34N2O2S. The average Bonchev–Trinajstić information content (AvgIpc) is 3.21. The lowest BCUT2D eigenvalue weighted by Gasteiger charge is -2.34. The van der Waals surface area contributed by atoms with Crippen LogP contribution in [0.4, 0.5) is 0 Å². The van der Waals surface area contributed by atoms with Crippen LogP contribution in [0.2, 0.25) is 0 Å². The Kier molecular flexibility index (Phi) is 7.49. The number of hydrogen-bond donors (Lipinski definition) is 0. The van der Waals surface area contributed by atoms with Crippen molar-refractivity contribution in [1.29, 1.82) is 0 Å². The van der Waals surface area contributed by atoms with E-state index in [4.69, 9.17) is 9.47 Å². The smallest absolute Gasteiger partial charge is 0.122 e. The molecular weight excluding hydrogens is 404 g/mol. The van der Waals surface area contributed by atoms with Crippen LogP contribution < -0.4 is 4.74 Å². The molecule has 0 radical (unpaired) electrons. The van der Waals surface area contributed by atoms with Crippen molar-refractivity contribution in [3.63, 3.8) is 0 Å². The van der Waals surface area contributed by atoms with E-state index >= 15 is 0 Å². The maximum atomic E-state index is 6.18. The zero-order valence-corrected chi connectivity index (χ0v) is 19.7. The second-order valence-electron chi connectivity index (χ2n) is 8.27. The Morgan fingerprint density at radius 2 is 2.06 bits per heavy atom. The van der Waals surface area contributed by atoms with Crippen molar-refractivity contribution < 1.29 is 9.47 Å². The number of hydrogen-bond acceptors (Lipinski definition) is 4. The van der Waals surface area contributed by atoms with E-state index in [1.165, 1.54) is 36.2 Å². The summed E-state index contributed by atoms with van der Waals surface area (Å²) in [6.45, 7) is 8.29. The van der Waals surface area contributed by atoms with Gasteiger partial charge < -0.3 is 13.8 Å². The van der Waals surface area contributed by atoms with E-state index < -0.39 is 0 Å². The Bertz CT molecular complexity index is 927. The van der Waals surface area contributed by atoms with Crippen LogP contribution in [0, 0.1) is 0 Å². The highest BCUT2D eigenvalue weighted by molar-refractivity contribution is 8.16.